The third-order valence-corrected chi connectivity index (χ3v) is 4.96. The van der Waals surface area contributed by atoms with Crippen LogP contribution >= 0.6 is 0 Å². The van der Waals surface area contributed by atoms with Gasteiger partial charge in [-0.1, -0.05) is 36.4 Å². The van der Waals surface area contributed by atoms with E-state index in [1.807, 2.05) is 49.4 Å². The van der Waals surface area contributed by atoms with Crippen LogP contribution in [0.4, 0.5) is 0 Å². The summed E-state index contributed by atoms with van der Waals surface area (Å²) in [6, 6.07) is 10.2. The van der Waals surface area contributed by atoms with Gasteiger partial charge in [0.05, 0.1) is 10.3 Å². The highest BCUT2D eigenvalue weighted by molar-refractivity contribution is 7.84. The van der Waals surface area contributed by atoms with E-state index in [9.17, 15) is 4.21 Å². The van der Waals surface area contributed by atoms with E-state index in [2.05, 4.69) is 18.7 Å². The highest BCUT2D eigenvalue weighted by Crippen LogP contribution is 2.46. The molecule has 3 heteroatoms. The molecule has 0 spiro atoms. The van der Waals surface area contributed by atoms with E-state index in [0.29, 0.717) is 0 Å². The van der Waals surface area contributed by atoms with Crippen molar-refractivity contribution in [2.75, 3.05) is 6.54 Å². The Hall–Kier alpha value is -0.930. The molecule has 3 atom stereocenters. The van der Waals surface area contributed by atoms with Crippen molar-refractivity contribution < 1.29 is 4.21 Å². The molecule has 0 radical (unpaired) electrons. The molecule has 1 aliphatic rings. The van der Waals surface area contributed by atoms with Crippen molar-refractivity contribution in [3.05, 3.63) is 48.6 Å². The van der Waals surface area contributed by atoms with Gasteiger partial charge in [0.2, 0.25) is 0 Å². The van der Waals surface area contributed by atoms with Crippen molar-refractivity contribution in [2.24, 2.45) is 0 Å². The first-order chi connectivity index (χ1) is 7.92. The van der Waals surface area contributed by atoms with Crippen LogP contribution in [0.25, 0.3) is 0 Å². The van der Waals surface area contributed by atoms with Crippen molar-refractivity contribution in [2.45, 2.75) is 31.1 Å². The van der Waals surface area contributed by atoms with Crippen LogP contribution in [-0.2, 0) is 16.5 Å². The lowest BCUT2D eigenvalue weighted by atomic mass is 10.00. The number of nitrogens with zero attached hydrogens (tertiary/aromatic N) is 1. The summed E-state index contributed by atoms with van der Waals surface area (Å²) in [6.45, 7) is 10.7. The summed E-state index contributed by atoms with van der Waals surface area (Å²) >= 11 is 0. The predicted molar refractivity (Wildman–Crippen MR) is 72.9 cm³/mol. The minimum Gasteiger partial charge on any atom is -0.242 e. The van der Waals surface area contributed by atoms with E-state index in [1.165, 1.54) is 5.56 Å². The second-order valence-electron chi connectivity index (χ2n) is 5.39. The van der Waals surface area contributed by atoms with Crippen molar-refractivity contribution in [1.29, 1.82) is 0 Å². The molecular formula is C14H19NOS. The Morgan fingerprint density at radius 3 is 2.41 bits per heavy atom. The lowest BCUT2D eigenvalue weighted by Crippen LogP contribution is -2.30. The maximum absolute atomic E-state index is 12.4. The maximum atomic E-state index is 12.4. The van der Waals surface area contributed by atoms with Crippen molar-refractivity contribution in [3.63, 3.8) is 0 Å². The molecule has 2 nitrogen and oxygen atoms in total. The fourth-order valence-electron chi connectivity index (χ4n) is 1.97. The number of benzene rings is 1. The van der Waals surface area contributed by atoms with Crippen LogP contribution in [-0.4, -0.2) is 19.8 Å². The van der Waals surface area contributed by atoms with Gasteiger partial charge in [0.25, 0.3) is 0 Å². The molecule has 1 aromatic carbocycles. The minimum absolute atomic E-state index is 0.223. The smallest absolute Gasteiger partial charge is 0.101 e. The van der Waals surface area contributed by atoms with Crippen molar-refractivity contribution in [1.82, 2.24) is 4.31 Å². The van der Waals surface area contributed by atoms with Crippen LogP contribution in [0.15, 0.2) is 43.0 Å². The lowest BCUT2D eigenvalue weighted by molar-refractivity contribution is 0.585. The molecule has 0 aromatic heterocycles. The molecule has 1 saturated heterocycles. The third kappa shape index (κ3) is 2.09. The summed E-state index contributed by atoms with van der Waals surface area (Å²) in [5.41, 5.74) is 0.951. The average molecular weight is 249 g/mol. The Kier molecular flexibility index (Phi) is 3.00. The Bertz CT molecular complexity index is 449. The fraction of sp³-hybridized carbons (Fsp3) is 0.429. The van der Waals surface area contributed by atoms with Crippen LogP contribution in [0.2, 0.25) is 0 Å². The quantitative estimate of drug-likeness (QED) is 0.596. The minimum atomic E-state index is -0.986. The SMILES string of the molecule is C=C[C@]1(c2ccccc2)CN1S(=O)C(C)(C)C. The first-order valence-corrected chi connectivity index (χ1v) is 6.91. The van der Waals surface area contributed by atoms with Gasteiger partial charge in [-0.2, -0.15) is 0 Å². The van der Waals surface area contributed by atoms with E-state index in [1.54, 1.807) is 0 Å². The first-order valence-electron chi connectivity index (χ1n) is 5.80. The normalized spacial score (nSPS) is 29.7. The van der Waals surface area contributed by atoms with Crippen LogP contribution in [0.5, 0.6) is 0 Å². The van der Waals surface area contributed by atoms with Gasteiger partial charge in [-0.05, 0) is 26.3 Å². The van der Waals surface area contributed by atoms with E-state index in [-0.39, 0.29) is 10.3 Å². The van der Waals surface area contributed by atoms with E-state index in [0.717, 1.165) is 6.54 Å². The zero-order valence-corrected chi connectivity index (χ0v) is 11.5. The molecule has 1 aromatic rings. The predicted octanol–water partition coefficient (Wildman–Crippen LogP) is 2.85. The second-order valence-corrected chi connectivity index (χ2v) is 7.56. The molecule has 0 amide bonds. The first kappa shape index (κ1) is 12.5. The van der Waals surface area contributed by atoms with Crippen LogP contribution in [0, 0.1) is 0 Å². The highest BCUT2D eigenvalue weighted by Gasteiger charge is 2.56. The number of hydrogen-bond acceptors (Lipinski definition) is 1. The molecule has 0 bridgehead atoms. The summed E-state index contributed by atoms with van der Waals surface area (Å²) in [7, 11) is -0.986. The molecule has 92 valence electrons. The fourth-order valence-corrected chi connectivity index (χ4v) is 3.42. The Labute approximate surface area is 106 Å². The summed E-state index contributed by atoms with van der Waals surface area (Å²) < 4.78 is 14.2. The Balaban J connectivity index is 2.29. The number of hydrogen-bond donors (Lipinski definition) is 0. The van der Waals surface area contributed by atoms with Crippen LogP contribution < -0.4 is 0 Å². The molecule has 1 aliphatic heterocycles. The monoisotopic (exact) mass is 249 g/mol. The van der Waals surface area contributed by atoms with Gasteiger partial charge in [0, 0.05) is 6.54 Å². The maximum Gasteiger partial charge on any atom is 0.101 e. The molecule has 1 heterocycles. The Morgan fingerprint density at radius 2 is 1.94 bits per heavy atom. The molecule has 2 unspecified atom stereocenters. The van der Waals surface area contributed by atoms with Gasteiger partial charge < -0.3 is 0 Å². The molecule has 1 fully saturated rings. The standard InChI is InChI=1S/C14H19NOS/c1-5-14(12-9-7-6-8-10-12)11-15(14)17(16)13(2,3)4/h5-10H,1,11H2,2-4H3/t14-,15?,17?/m1/s1. The van der Waals surface area contributed by atoms with Gasteiger partial charge in [-0.25, -0.2) is 8.51 Å². The molecule has 0 N–H and O–H groups in total. The van der Waals surface area contributed by atoms with E-state index in [4.69, 9.17) is 0 Å². The van der Waals surface area contributed by atoms with Crippen LogP contribution in [0.1, 0.15) is 26.3 Å². The van der Waals surface area contributed by atoms with Crippen LogP contribution in [0.3, 0.4) is 0 Å². The topological polar surface area (TPSA) is 20.1 Å². The van der Waals surface area contributed by atoms with Gasteiger partial charge >= 0.3 is 0 Å². The van der Waals surface area contributed by atoms with Gasteiger partial charge in [-0.15, -0.1) is 6.58 Å². The van der Waals surface area contributed by atoms with Gasteiger partial charge in [-0.3, -0.25) is 0 Å². The van der Waals surface area contributed by atoms with Crippen molar-refractivity contribution >= 4 is 11.0 Å². The molecule has 2 rings (SSSR count). The summed E-state index contributed by atoms with van der Waals surface area (Å²) in [6.07, 6.45) is 1.91. The molecule has 0 saturated carbocycles. The highest BCUT2D eigenvalue weighted by atomic mass is 32.2. The second kappa shape index (κ2) is 4.07. The zero-order valence-electron chi connectivity index (χ0n) is 10.6. The van der Waals surface area contributed by atoms with E-state index < -0.39 is 11.0 Å². The summed E-state index contributed by atoms with van der Waals surface area (Å²) in [4.78, 5) is 0. The number of rotatable bonds is 3. The summed E-state index contributed by atoms with van der Waals surface area (Å²) in [5, 5.41) is 0. The molecule has 0 aliphatic carbocycles. The third-order valence-electron chi connectivity index (χ3n) is 3.06. The van der Waals surface area contributed by atoms with Gasteiger partial charge in [0.1, 0.15) is 11.0 Å². The Morgan fingerprint density at radius 1 is 1.35 bits per heavy atom. The average Bonchev–Trinajstić information content (AvgIpc) is 3.04. The molecular weight excluding hydrogens is 230 g/mol. The van der Waals surface area contributed by atoms with Gasteiger partial charge in [0.15, 0.2) is 0 Å². The zero-order chi connectivity index (χ0) is 12.7. The largest absolute Gasteiger partial charge is 0.242 e. The van der Waals surface area contributed by atoms with Crippen molar-refractivity contribution in [3.8, 4) is 0 Å². The molecule has 17 heavy (non-hydrogen) atoms. The summed E-state index contributed by atoms with van der Waals surface area (Å²) in [5.74, 6) is 0. The van der Waals surface area contributed by atoms with E-state index >= 15 is 0 Å². The lowest BCUT2D eigenvalue weighted by Gasteiger charge is -2.21.